The second kappa shape index (κ2) is 2.97. The topological polar surface area (TPSA) is 27.0 Å². The number of hydrogen-bond donors (Lipinski definition) is 0. The molecule has 0 aromatic heterocycles. The largest absolute Gasteiger partial charge is 0.305 e. The SMILES string of the molecule is CC(C)C1CN(C#N)C(C)(C)C1. The number of hydrogen-bond acceptors (Lipinski definition) is 2. The minimum Gasteiger partial charge on any atom is -0.305 e. The van der Waals surface area contributed by atoms with Gasteiger partial charge in [-0.15, -0.1) is 0 Å². The van der Waals surface area contributed by atoms with Gasteiger partial charge in [0.2, 0.25) is 0 Å². The molecule has 12 heavy (non-hydrogen) atoms. The zero-order chi connectivity index (χ0) is 9.35. The first-order valence-electron chi connectivity index (χ1n) is 4.65. The fourth-order valence-corrected chi connectivity index (χ4v) is 1.92. The van der Waals surface area contributed by atoms with Crippen LogP contribution in [0.2, 0.25) is 0 Å². The summed E-state index contributed by atoms with van der Waals surface area (Å²) in [7, 11) is 0. The molecule has 1 heterocycles. The van der Waals surface area contributed by atoms with E-state index in [0.29, 0.717) is 11.8 Å². The fourth-order valence-electron chi connectivity index (χ4n) is 1.92. The van der Waals surface area contributed by atoms with E-state index in [1.54, 1.807) is 0 Å². The van der Waals surface area contributed by atoms with Crippen molar-refractivity contribution in [3.05, 3.63) is 0 Å². The molecule has 0 radical (unpaired) electrons. The van der Waals surface area contributed by atoms with Crippen LogP contribution in [0.15, 0.2) is 0 Å². The molecule has 1 aliphatic rings. The maximum Gasteiger partial charge on any atom is 0.179 e. The zero-order valence-corrected chi connectivity index (χ0v) is 8.46. The molecule has 0 bridgehead atoms. The van der Waals surface area contributed by atoms with Gasteiger partial charge in [-0.1, -0.05) is 13.8 Å². The Balaban J connectivity index is 2.68. The van der Waals surface area contributed by atoms with Crippen LogP contribution in [-0.4, -0.2) is 17.0 Å². The summed E-state index contributed by atoms with van der Waals surface area (Å²) in [4.78, 5) is 1.91. The van der Waals surface area contributed by atoms with E-state index >= 15 is 0 Å². The number of nitrogens with zero attached hydrogens (tertiary/aromatic N) is 2. The molecular formula is C10H18N2. The van der Waals surface area contributed by atoms with Gasteiger partial charge in [0.15, 0.2) is 6.19 Å². The van der Waals surface area contributed by atoms with Crippen LogP contribution in [0.4, 0.5) is 0 Å². The van der Waals surface area contributed by atoms with Gasteiger partial charge in [-0.25, -0.2) is 0 Å². The predicted molar refractivity (Wildman–Crippen MR) is 49.3 cm³/mol. The van der Waals surface area contributed by atoms with Crippen LogP contribution in [0.3, 0.4) is 0 Å². The molecule has 0 saturated carbocycles. The smallest absolute Gasteiger partial charge is 0.179 e. The van der Waals surface area contributed by atoms with E-state index in [-0.39, 0.29) is 5.54 Å². The minimum absolute atomic E-state index is 0.0870. The third kappa shape index (κ3) is 1.55. The lowest BCUT2D eigenvalue weighted by molar-refractivity contribution is 0.262. The Morgan fingerprint density at radius 1 is 1.50 bits per heavy atom. The lowest BCUT2D eigenvalue weighted by Gasteiger charge is -2.25. The van der Waals surface area contributed by atoms with Crippen molar-refractivity contribution >= 4 is 0 Å². The molecule has 0 aliphatic carbocycles. The van der Waals surface area contributed by atoms with Crippen LogP contribution >= 0.6 is 0 Å². The Morgan fingerprint density at radius 2 is 2.08 bits per heavy atom. The molecule has 1 saturated heterocycles. The number of rotatable bonds is 1. The molecule has 0 spiro atoms. The molecule has 1 rings (SSSR count). The maximum atomic E-state index is 8.88. The summed E-state index contributed by atoms with van der Waals surface area (Å²) in [6.07, 6.45) is 3.42. The van der Waals surface area contributed by atoms with Gasteiger partial charge in [0.05, 0.1) is 0 Å². The molecule has 0 amide bonds. The van der Waals surface area contributed by atoms with Gasteiger partial charge in [0, 0.05) is 12.1 Å². The van der Waals surface area contributed by atoms with E-state index in [9.17, 15) is 0 Å². The number of nitriles is 1. The number of likely N-dealkylation sites (tertiary alicyclic amines) is 1. The van der Waals surface area contributed by atoms with Gasteiger partial charge in [0.1, 0.15) is 0 Å². The Kier molecular flexibility index (Phi) is 2.32. The van der Waals surface area contributed by atoms with Gasteiger partial charge >= 0.3 is 0 Å². The van der Waals surface area contributed by atoms with Crippen molar-refractivity contribution in [3.63, 3.8) is 0 Å². The van der Waals surface area contributed by atoms with Crippen molar-refractivity contribution in [2.45, 2.75) is 39.7 Å². The first-order valence-corrected chi connectivity index (χ1v) is 4.65. The standard InChI is InChI=1S/C10H18N2/c1-8(2)9-5-10(3,4)12(6-9)7-11/h8-9H,5-6H2,1-4H3. The molecule has 1 unspecified atom stereocenters. The highest BCUT2D eigenvalue weighted by Crippen LogP contribution is 2.35. The highest BCUT2D eigenvalue weighted by Gasteiger charge is 2.38. The molecule has 68 valence electrons. The monoisotopic (exact) mass is 166 g/mol. The lowest BCUT2D eigenvalue weighted by atomic mass is 9.89. The quantitative estimate of drug-likeness (QED) is 0.558. The Labute approximate surface area is 75.2 Å². The van der Waals surface area contributed by atoms with Crippen molar-refractivity contribution in [2.24, 2.45) is 11.8 Å². The van der Waals surface area contributed by atoms with Crippen molar-refractivity contribution in [2.75, 3.05) is 6.54 Å². The van der Waals surface area contributed by atoms with E-state index < -0.39 is 0 Å². The Morgan fingerprint density at radius 3 is 2.33 bits per heavy atom. The van der Waals surface area contributed by atoms with Gasteiger partial charge in [0.25, 0.3) is 0 Å². The van der Waals surface area contributed by atoms with E-state index in [0.717, 1.165) is 13.0 Å². The molecule has 1 aliphatic heterocycles. The van der Waals surface area contributed by atoms with Crippen LogP contribution in [0.25, 0.3) is 0 Å². The lowest BCUT2D eigenvalue weighted by Crippen LogP contribution is -2.33. The van der Waals surface area contributed by atoms with Crippen molar-refractivity contribution in [3.8, 4) is 6.19 Å². The summed E-state index contributed by atoms with van der Waals surface area (Å²) in [6.45, 7) is 9.72. The fraction of sp³-hybridized carbons (Fsp3) is 0.900. The molecule has 1 fully saturated rings. The third-order valence-electron chi connectivity index (χ3n) is 2.97. The van der Waals surface area contributed by atoms with E-state index in [1.807, 2.05) is 4.90 Å². The highest BCUT2D eigenvalue weighted by atomic mass is 15.2. The van der Waals surface area contributed by atoms with Crippen molar-refractivity contribution in [1.29, 1.82) is 5.26 Å². The van der Waals surface area contributed by atoms with Gasteiger partial charge in [-0.3, -0.25) is 0 Å². The van der Waals surface area contributed by atoms with E-state index in [4.69, 9.17) is 5.26 Å². The first kappa shape index (κ1) is 9.38. The summed E-state index contributed by atoms with van der Waals surface area (Å²) in [5, 5.41) is 8.88. The summed E-state index contributed by atoms with van der Waals surface area (Å²) in [6, 6.07) is 0. The molecule has 1 atom stereocenters. The average molecular weight is 166 g/mol. The second-order valence-corrected chi connectivity index (χ2v) is 4.73. The van der Waals surface area contributed by atoms with E-state index in [1.165, 1.54) is 0 Å². The summed E-state index contributed by atoms with van der Waals surface area (Å²) < 4.78 is 0. The summed E-state index contributed by atoms with van der Waals surface area (Å²) in [5.41, 5.74) is 0.0870. The minimum atomic E-state index is 0.0870. The van der Waals surface area contributed by atoms with Crippen LogP contribution in [-0.2, 0) is 0 Å². The highest BCUT2D eigenvalue weighted by molar-refractivity contribution is 4.99. The molecule has 2 heteroatoms. The van der Waals surface area contributed by atoms with Gasteiger partial charge < -0.3 is 4.90 Å². The molecule has 0 aromatic carbocycles. The van der Waals surface area contributed by atoms with Crippen LogP contribution < -0.4 is 0 Å². The zero-order valence-electron chi connectivity index (χ0n) is 8.46. The van der Waals surface area contributed by atoms with Crippen LogP contribution in [0.5, 0.6) is 0 Å². The Bertz CT molecular complexity index is 200. The van der Waals surface area contributed by atoms with Crippen LogP contribution in [0.1, 0.15) is 34.1 Å². The molecule has 0 N–H and O–H groups in total. The average Bonchev–Trinajstić information content (AvgIpc) is 2.25. The molecule has 2 nitrogen and oxygen atoms in total. The maximum absolute atomic E-state index is 8.88. The first-order chi connectivity index (χ1) is 5.47. The normalized spacial score (nSPS) is 27.7. The van der Waals surface area contributed by atoms with Crippen LogP contribution in [0, 0.1) is 23.3 Å². The molecular weight excluding hydrogens is 148 g/mol. The van der Waals surface area contributed by atoms with Crippen molar-refractivity contribution in [1.82, 2.24) is 4.90 Å². The van der Waals surface area contributed by atoms with E-state index in [2.05, 4.69) is 33.9 Å². The predicted octanol–water partition coefficient (Wildman–Crippen LogP) is 2.22. The van der Waals surface area contributed by atoms with Gasteiger partial charge in [-0.05, 0) is 32.1 Å². The van der Waals surface area contributed by atoms with Crippen molar-refractivity contribution < 1.29 is 0 Å². The molecule has 0 aromatic rings. The summed E-state index contributed by atoms with van der Waals surface area (Å²) >= 11 is 0. The second-order valence-electron chi connectivity index (χ2n) is 4.73. The summed E-state index contributed by atoms with van der Waals surface area (Å²) in [5.74, 6) is 1.39. The third-order valence-corrected chi connectivity index (χ3v) is 2.97. The Hall–Kier alpha value is -0.710. The van der Waals surface area contributed by atoms with Gasteiger partial charge in [-0.2, -0.15) is 5.26 Å².